The average molecular weight is 259 g/mol. The van der Waals surface area contributed by atoms with Gasteiger partial charge in [0.1, 0.15) is 0 Å². The van der Waals surface area contributed by atoms with Gasteiger partial charge in [-0.3, -0.25) is 4.79 Å². The number of carbonyl (C=O) groups excluding carboxylic acids is 1. The molecule has 6 heteroatoms. The summed E-state index contributed by atoms with van der Waals surface area (Å²) in [7, 11) is 0. The van der Waals surface area contributed by atoms with E-state index >= 15 is 0 Å². The van der Waals surface area contributed by atoms with Gasteiger partial charge in [0.05, 0.1) is 0 Å². The minimum absolute atomic E-state index is 0.324. The zero-order chi connectivity index (χ0) is 13.3. The number of halogens is 1. The van der Waals surface area contributed by atoms with Gasteiger partial charge in [-0.2, -0.15) is 15.7 Å². The molecule has 17 heavy (non-hydrogen) atoms. The number of thiophene rings is 1. The zero-order valence-electron chi connectivity index (χ0n) is 9.78. The minimum Gasteiger partial charge on any atom is -0.465 e. The normalized spacial score (nSPS) is 15.1. The molecule has 0 radical (unpaired) electrons. The van der Waals surface area contributed by atoms with Crippen molar-refractivity contribution in [1.82, 2.24) is 5.32 Å². The van der Waals surface area contributed by atoms with Crippen LogP contribution in [-0.4, -0.2) is 17.2 Å². The second-order valence-corrected chi connectivity index (χ2v) is 5.50. The summed E-state index contributed by atoms with van der Waals surface area (Å²) in [5.74, 6) is 0. The highest BCUT2D eigenvalue weighted by molar-refractivity contribution is 7.08. The maximum atomic E-state index is 13.5. The fourth-order valence-corrected chi connectivity index (χ4v) is 2.49. The molecule has 0 saturated heterocycles. The van der Waals surface area contributed by atoms with Crippen molar-refractivity contribution in [1.29, 1.82) is 0 Å². The van der Waals surface area contributed by atoms with E-state index in [2.05, 4.69) is 0 Å². The van der Waals surface area contributed by atoms with Gasteiger partial charge < -0.3 is 10.4 Å². The van der Waals surface area contributed by atoms with Crippen molar-refractivity contribution in [3.63, 3.8) is 0 Å². The molecule has 0 unspecified atom stereocenters. The molecule has 1 aromatic rings. The monoisotopic (exact) mass is 259 g/mol. The van der Waals surface area contributed by atoms with Crippen LogP contribution < -0.4 is 5.32 Å². The molecule has 0 aliphatic rings. The van der Waals surface area contributed by atoms with Gasteiger partial charge >= 0.3 is 12.1 Å². The summed E-state index contributed by atoms with van der Waals surface area (Å²) in [5.41, 5.74) is -2.46. The summed E-state index contributed by atoms with van der Waals surface area (Å²) in [4.78, 5) is 22.2. The molecule has 0 fully saturated rings. The Hall–Kier alpha value is -1.43. The summed E-state index contributed by atoms with van der Waals surface area (Å²) < 4.78 is 13.5. The maximum absolute atomic E-state index is 13.5. The van der Waals surface area contributed by atoms with Crippen LogP contribution in [0, 0.1) is 5.41 Å². The summed E-state index contributed by atoms with van der Waals surface area (Å²) in [6.07, 6.45) is -1.43. The highest BCUT2D eigenvalue weighted by Gasteiger charge is 2.52. The van der Waals surface area contributed by atoms with Crippen LogP contribution in [0.5, 0.6) is 0 Å². The Morgan fingerprint density at radius 3 is 2.29 bits per heavy atom. The van der Waals surface area contributed by atoms with Crippen molar-refractivity contribution in [2.75, 3.05) is 0 Å². The average Bonchev–Trinajstić information content (AvgIpc) is 2.63. The van der Waals surface area contributed by atoms with E-state index in [1.807, 2.05) is 5.32 Å². The number of hydrogen-bond acceptors (Lipinski definition) is 3. The number of amides is 1. The molecule has 0 saturated carbocycles. The third kappa shape index (κ3) is 2.31. The lowest BCUT2D eigenvalue weighted by Gasteiger charge is -2.40. The van der Waals surface area contributed by atoms with Crippen molar-refractivity contribution in [2.45, 2.75) is 26.3 Å². The van der Waals surface area contributed by atoms with Crippen molar-refractivity contribution in [3.05, 3.63) is 22.4 Å². The second kappa shape index (κ2) is 4.44. The van der Waals surface area contributed by atoms with Crippen LogP contribution in [0.15, 0.2) is 16.8 Å². The number of carboxylic acid groups (broad SMARTS) is 1. The van der Waals surface area contributed by atoms with E-state index < -0.39 is 23.1 Å². The van der Waals surface area contributed by atoms with Gasteiger partial charge in [0.25, 0.3) is 0 Å². The largest absolute Gasteiger partial charge is 0.465 e. The van der Waals surface area contributed by atoms with Crippen LogP contribution in [0.25, 0.3) is 0 Å². The van der Waals surface area contributed by atoms with E-state index in [1.165, 1.54) is 11.3 Å². The van der Waals surface area contributed by atoms with Crippen LogP contribution in [0.1, 0.15) is 26.3 Å². The molecule has 0 aliphatic heterocycles. The Morgan fingerprint density at radius 1 is 1.41 bits per heavy atom. The molecule has 0 spiro atoms. The van der Waals surface area contributed by atoms with Crippen molar-refractivity contribution >= 4 is 23.5 Å². The quantitative estimate of drug-likeness (QED) is 0.820. The highest BCUT2D eigenvalue weighted by atomic mass is 32.1. The second-order valence-electron chi connectivity index (χ2n) is 4.72. The summed E-state index contributed by atoms with van der Waals surface area (Å²) in [6.45, 7) is 4.83. The lowest BCUT2D eigenvalue weighted by molar-refractivity contribution is -0.141. The van der Waals surface area contributed by atoms with Gasteiger partial charge in [-0.25, -0.2) is 4.79 Å². The topological polar surface area (TPSA) is 66.4 Å². The van der Waals surface area contributed by atoms with Crippen molar-refractivity contribution < 1.29 is 19.1 Å². The van der Waals surface area contributed by atoms with Gasteiger partial charge in [-0.05, 0) is 27.8 Å². The Bertz CT molecular complexity index is 424. The van der Waals surface area contributed by atoms with Crippen LogP contribution in [0.3, 0.4) is 0 Å². The molecule has 2 N–H and O–H groups in total. The molecular formula is C11H14FNO3S. The van der Waals surface area contributed by atoms with Gasteiger partial charge in [0.2, 0.25) is 0 Å². The van der Waals surface area contributed by atoms with Crippen LogP contribution >= 0.6 is 11.3 Å². The molecule has 1 aromatic heterocycles. The molecule has 0 bridgehead atoms. The molecule has 1 amide bonds. The molecule has 1 heterocycles. The van der Waals surface area contributed by atoms with Crippen LogP contribution in [-0.2, 0) is 10.3 Å². The smallest absolute Gasteiger partial charge is 0.405 e. The van der Waals surface area contributed by atoms with Gasteiger partial charge in [0.15, 0.2) is 5.54 Å². The van der Waals surface area contributed by atoms with E-state index in [-0.39, 0.29) is 0 Å². The maximum Gasteiger partial charge on any atom is 0.405 e. The SMILES string of the molecule is CC(C)(C)[C@](NC(=O)O)(C(=O)F)c1ccsc1. The standard InChI is InChI=1S/C11H14FNO3S/c1-10(2,3)11(8(12)14,13-9(15)16)7-4-5-17-6-7/h4-6,13H,1-3H3,(H,15,16)/t11-/m1/s1. The third-order valence-corrected chi connectivity index (χ3v) is 3.35. The van der Waals surface area contributed by atoms with E-state index in [0.717, 1.165) is 0 Å². The first-order valence-electron chi connectivity index (χ1n) is 4.95. The third-order valence-electron chi connectivity index (χ3n) is 2.67. The van der Waals surface area contributed by atoms with Crippen molar-refractivity contribution in [3.8, 4) is 0 Å². The summed E-state index contributed by atoms with van der Waals surface area (Å²) >= 11 is 1.28. The first kappa shape index (κ1) is 13.6. The molecule has 4 nitrogen and oxygen atoms in total. The fourth-order valence-electron chi connectivity index (χ4n) is 1.79. The number of nitrogens with one attached hydrogen (secondary N) is 1. The molecule has 1 atom stereocenters. The lowest BCUT2D eigenvalue weighted by Crippen LogP contribution is -2.58. The van der Waals surface area contributed by atoms with Gasteiger partial charge in [-0.1, -0.05) is 20.8 Å². The highest BCUT2D eigenvalue weighted by Crippen LogP contribution is 2.41. The number of rotatable bonds is 3. The molecule has 0 aromatic carbocycles. The predicted octanol–water partition coefficient (Wildman–Crippen LogP) is 2.75. The van der Waals surface area contributed by atoms with E-state index in [0.29, 0.717) is 5.56 Å². The zero-order valence-corrected chi connectivity index (χ0v) is 10.6. The molecule has 1 rings (SSSR count). The molecule has 94 valence electrons. The first-order chi connectivity index (χ1) is 7.72. The minimum atomic E-state index is -1.86. The van der Waals surface area contributed by atoms with E-state index in [4.69, 9.17) is 5.11 Å². The van der Waals surface area contributed by atoms with Gasteiger partial charge in [-0.15, -0.1) is 0 Å². The first-order valence-corrected chi connectivity index (χ1v) is 5.90. The summed E-state index contributed by atoms with van der Waals surface area (Å²) in [5, 5.41) is 14.1. The van der Waals surface area contributed by atoms with Crippen molar-refractivity contribution in [2.24, 2.45) is 5.41 Å². The Kier molecular flexibility index (Phi) is 3.56. The van der Waals surface area contributed by atoms with Crippen LogP contribution in [0.4, 0.5) is 9.18 Å². The molecular weight excluding hydrogens is 245 g/mol. The Balaban J connectivity index is 3.43. The van der Waals surface area contributed by atoms with E-state index in [9.17, 15) is 14.0 Å². The summed E-state index contributed by atoms with van der Waals surface area (Å²) in [6, 6.07) is -0.158. The van der Waals surface area contributed by atoms with E-state index in [1.54, 1.807) is 37.6 Å². The molecule has 0 aliphatic carbocycles. The Morgan fingerprint density at radius 2 is 2.00 bits per heavy atom. The number of carbonyl (C=O) groups is 2. The fraction of sp³-hybridized carbons (Fsp3) is 0.455. The predicted molar refractivity (Wildman–Crippen MR) is 62.7 cm³/mol. The Labute approximate surface area is 102 Å². The van der Waals surface area contributed by atoms with Gasteiger partial charge in [0, 0.05) is 0 Å². The van der Waals surface area contributed by atoms with Crippen LogP contribution in [0.2, 0.25) is 0 Å². The lowest BCUT2D eigenvalue weighted by atomic mass is 9.70. The number of hydrogen-bond donors (Lipinski definition) is 2.